The maximum Gasteiger partial charge on any atom is 0.320 e. The third-order valence-electron chi connectivity index (χ3n) is 4.38. The minimum Gasteiger partial charge on any atom is -0.480 e. The van der Waals surface area contributed by atoms with E-state index in [9.17, 15) is 9.59 Å². The fourth-order valence-corrected chi connectivity index (χ4v) is 3.13. The Kier molecular flexibility index (Phi) is 5.55. The van der Waals surface area contributed by atoms with Crippen LogP contribution in [0.4, 0.5) is 0 Å². The fourth-order valence-electron chi connectivity index (χ4n) is 3.13. The summed E-state index contributed by atoms with van der Waals surface area (Å²) in [5, 5.41) is 12.1. The summed E-state index contributed by atoms with van der Waals surface area (Å²) >= 11 is 0. The number of carboxylic acid groups (broad SMARTS) is 1. The lowest BCUT2D eigenvalue weighted by atomic mass is 10.1. The molecule has 21 heavy (non-hydrogen) atoms. The Bertz CT molecular complexity index is 390. The summed E-state index contributed by atoms with van der Waals surface area (Å²) in [7, 11) is 3.89. The number of hydrogen-bond donors (Lipinski definition) is 2. The zero-order valence-corrected chi connectivity index (χ0v) is 12.9. The van der Waals surface area contributed by atoms with E-state index in [0.29, 0.717) is 19.5 Å². The third-order valence-corrected chi connectivity index (χ3v) is 4.38. The molecule has 0 aromatic carbocycles. The molecule has 2 fully saturated rings. The molecule has 1 amide bonds. The quantitative estimate of drug-likeness (QED) is 0.686. The first kappa shape index (κ1) is 16.2. The van der Waals surface area contributed by atoms with Gasteiger partial charge in [0.2, 0.25) is 5.91 Å². The molecule has 0 spiro atoms. The Morgan fingerprint density at radius 2 is 1.95 bits per heavy atom. The first-order chi connectivity index (χ1) is 9.95. The highest BCUT2D eigenvalue weighted by molar-refractivity contribution is 5.79. The van der Waals surface area contributed by atoms with Crippen molar-refractivity contribution in [3.05, 3.63) is 0 Å². The van der Waals surface area contributed by atoms with Crippen molar-refractivity contribution >= 4 is 11.9 Å². The van der Waals surface area contributed by atoms with Gasteiger partial charge in [-0.2, -0.15) is 0 Å². The summed E-state index contributed by atoms with van der Waals surface area (Å²) in [6.07, 6.45) is 1.57. The van der Waals surface area contributed by atoms with Gasteiger partial charge in [-0.3, -0.25) is 19.4 Å². The number of likely N-dealkylation sites (N-methyl/N-ethyl adjacent to an activating group) is 2. The lowest BCUT2D eigenvalue weighted by Gasteiger charge is -2.21. The first-order valence-corrected chi connectivity index (χ1v) is 7.59. The summed E-state index contributed by atoms with van der Waals surface area (Å²) in [5.41, 5.74) is 0. The minimum absolute atomic E-state index is 0.00370. The van der Waals surface area contributed by atoms with Crippen LogP contribution in [0.2, 0.25) is 0 Å². The van der Waals surface area contributed by atoms with Gasteiger partial charge in [-0.1, -0.05) is 0 Å². The highest BCUT2D eigenvalue weighted by Gasteiger charge is 2.35. The van der Waals surface area contributed by atoms with Crippen LogP contribution in [0.1, 0.15) is 12.8 Å². The molecule has 2 aliphatic rings. The monoisotopic (exact) mass is 298 g/mol. The van der Waals surface area contributed by atoms with Crippen LogP contribution in [0, 0.1) is 0 Å². The average Bonchev–Trinajstić information content (AvgIpc) is 2.63. The molecule has 2 atom stereocenters. The van der Waals surface area contributed by atoms with Gasteiger partial charge in [0, 0.05) is 25.7 Å². The molecule has 7 nitrogen and oxygen atoms in total. The summed E-state index contributed by atoms with van der Waals surface area (Å²) in [5.74, 6) is -0.811. The SMILES string of the molecule is CN1CCCN(CC(=O)N[C@@H]2C[C@@H](C(=O)O)N(C)C2)CC1. The summed E-state index contributed by atoms with van der Waals surface area (Å²) < 4.78 is 0. The molecule has 0 unspecified atom stereocenters. The standard InChI is InChI=1S/C14H26N4O3/c1-16-4-3-5-18(7-6-16)10-13(19)15-11-8-12(14(20)21)17(2)9-11/h11-12H,3-10H2,1-2H3,(H,15,19)(H,20,21)/t11-,12+/m1/s1. The van der Waals surface area contributed by atoms with Gasteiger partial charge in [0.05, 0.1) is 6.54 Å². The van der Waals surface area contributed by atoms with Gasteiger partial charge in [0.1, 0.15) is 6.04 Å². The van der Waals surface area contributed by atoms with E-state index in [1.165, 1.54) is 0 Å². The normalized spacial score (nSPS) is 29.2. The summed E-state index contributed by atoms with van der Waals surface area (Å²) in [6.45, 7) is 4.93. The third kappa shape index (κ3) is 4.66. The largest absolute Gasteiger partial charge is 0.480 e. The predicted octanol–water partition coefficient (Wildman–Crippen LogP) is -1.10. The maximum atomic E-state index is 12.1. The number of carbonyl (C=O) groups is 2. The van der Waals surface area contributed by atoms with Crippen molar-refractivity contribution in [1.29, 1.82) is 0 Å². The van der Waals surface area contributed by atoms with Crippen LogP contribution in [-0.4, -0.2) is 97.1 Å². The molecule has 120 valence electrons. The van der Waals surface area contributed by atoms with Crippen LogP contribution in [0.15, 0.2) is 0 Å². The Balaban J connectivity index is 1.76. The van der Waals surface area contributed by atoms with E-state index in [0.717, 1.165) is 32.6 Å². The van der Waals surface area contributed by atoms with Crippen LogP contribution in [0.25, 0.3) is 0 Å². The van der Waals surface area contributed by atoms with Crippen LogP contribution in [0.3, 0.4) is 0 Å². The number of carboxylic acids is 1. The van der Waals surface area contributed by atoms with Crippen molar-refractivity contribution in [3.8, 4) is 0 Å². The molecule has 2 N–H and O–H groups in total. The Morgan fingerprint density at radius 1 is 1.19 bits per heavy atom. The number of likely N-dealkylation sites (tertiary alicyclic amines) is 1. The average molecular weight is 298 g/mol. The van der Waals surface area contributed by atoms with Crippen molar-refractivity contribution in [1.82, 2.24) is 20.0 Å². The summed E-state index contributed by atoms with van der Waals surface area (Å²) in [6, 6.07) is -0.541. The molecule has 7 heteroatoms. The molecule has 0 bridgehead atoms. The molecule has 0 saturated carbocycles. The van der Waals surface area contributed by atoms with Gasteiger partial charge < -0.3 is 15.3 Å². The van der Waals surface area contributed by atoms with Crippen molar-refractivity contribution in [2.75, 3.05) is 53.4 Å². The zero-order chi connectivity index (χ0) is 15.4. The number of nitrogens with zero attached hydrogens (tertiary/aromatic N) is 3. The van der Waals surface area contributed by atoms with Gasteiger partial charge in [0.15, 0.2) is 0 Å². The second-order valence-corrected chi connectivity index (χ2v) is 6.23. The molecule has 0 aliphatic carbocycles. The molecule has 0 aromatic rings. The molecule has 2 heterocycles. The van der Waals surface area contributed by atoms with E-state index in [-0.39, 0.29) is 11.9 Å². The number of aliphatic carboxylic acids is 1. The van der Waals surface area contributed by atoms with Gasteiger partial charge >= 0.3 is 5.97 Å². The topological polar surface area (TPSA) is 76.1 Å². The van der Waals surface area contributed by atoms with Crippen LogP contribution in [0.5, 0.6) is 0 Å². The van der Waals surface area contributed by atoms with Crippen molar-refractivity contribution in [2.45, 2.75) is 24.9 Å². The second kappa shape index (κ2) is 7.20. The van der Waals surface area contributed by atoms with Crippen molar-refractivity contribution in [2.24, 2.45) is 0 Å². The molecular weight excluding hydrogens is 272 g/mol. The first-order valence-electron chi connectivity index (χ1n) is 7.59. The minimum atomic E-state index is -0.815. The maximum absolute atomic E-state index is 12.1. The van der Waals surface area contributed by atoms with E-state index in [1.54, 1.807) is 11.9 Å². The highest BCUT2D eigenvalue weighted by Crippen LogP contribution is 2.15. The predicted molar refractivity (Wildman–Crippen MR) is 79.2 cm³/mol. The van der Waals surface area contributed by atoms with E-state index in [1.807, 2.05) is 0 Å². The lowest BCUT2D eigenvalue weighted by molar-refractivity contribution is -0.141. The van der Waals surface area contributed by atoms with Crippen molar-refractivity contribution in [3.63, 3.8) is 0 Å². The Hall–Kier alpha value is -1.18. The number of nitrogens with one attached hydrogen (secondary N) is 1. The van der Waals surface area contributed by atoms with E-state index >= 15 is 0 Å². The van der Waals surface area contributed by atoms with Crippen molar-refractivity contribution < 1.29 is 14.7 Å². The van der Waals surface area contributed by atoms with E-state index in [4.69, 9.17) is 5.11 Å². The Labute approximate surface area is 125 Å². The van der Waals surface area contributed by atoms with E-state index in [2.05, 4.69) is 22.2 Å². The van der Waals surface area contributed by atoms with E-state index < -0.39 is 12.0 Å². The molecule has 2 rings (SSSR count). The smallest absolute Gasteiger partial charge is 0.320 e. The second-order valence-electron chi connectivity index (χ2n) is 6.23. The molecule has 2 aliphatic heterocycles. The number of amides is 1. The number of rotatable bonds is 4. The van der Waals surface area contributed by atoms with Gasteiger partial charge in [-0.05, 0) is 40.0 Å². The van der Waals surface area contributed by atoms with Crippen LogP contribution < -0.4 is 5.32 Å². The fraction of sp³-hybridized carbons (Fsp3) is 0.857. The number of carbonyl (C=O) groups excluding carboxylic acids is 1. The molecule has 0 aromatic heterocycles. The highest BCUT2D eigenvalue weighted by atomic mass is 16.4. The van der Waals surface area contributed by atoms with Gasteiger partial charge in [-0.25, -0.2) is 0 Å². The van der Waals surface area contributed by atoms with Gasteiger partial charge in [0.25, 0.3) is 0 Å². The van der Waals surface area contributed by atoms with Crippen LogP contribution in [-0.2, 0) is 9.59 Å². The summed E-state index contributed by atoms with van der Waals surface area (Å²) in [4.78, 5) is 29.4. The number of hydrogen-bond acceptors (Lipinski definition) is 5. The molecular formula is C14H26N4O3. The molecule has 2 saturated heterocycles. The lowest BCUT2D eigenvalue weighted by Crippen LogP contribution is -2.43. The van der Waals surface area contributed by atoms with Gasteiger partial charge in [-0.15, -0.1) is 0 Å². The molecule has 0 radical (unpaired) electrons. The Morgan fingerprint density at radius 3 is 2.62 bits per heavy atom. The zero-order valence-electron chi connectivity index (χ0n) is 12.9. The van der Waals surface area contributed by atoms with Crippen LogP contribution >= 0.6 is 0 Å².